The number of hydrogen-bond donors (Lipinski definition) is 2. The van der Waals surface area contributed by atoms with Crippen LogP contribution in [0.25, 0.3) is 0 Å². The third-order valence-corrected chi connectivity index (χ3v) is 2.89. The maximum atomic E-state index is 12.1. The Kier molecular flexibility index (Phi) is 5.63. The maximum Gasteiger partial charge on any atom is 0.255 e. The summed E-state index contributed by atoms with van der Waals surface area (Å²) in [6.45, 7) is 3.99. The summed E-state index contributed by atoms with van der Waals surface area (Å²) in [5.74, 6) is 0.684. The van der Waals surface area contributed by atoms with Crippen LogP contribution in [0.2, 0.25) is 0 Å². The van der Waals surface area contributed by atoms with Gasteiger partial charge in [0.15, 0.2) is 11.5 Å². The van der Waals surface area contributed by atoms with Gasteiger partial charge in [-0.2, -0.15) is 0 Å². The highest BCUT2D eigenvalue weighted by molar-refractivity contribution is 5.97. The van der Waals surface area contributed by atoms with Gasteiger partial charge in [-0.3, -0.25) is 4.79 Å². The molecule has 0 aromatic heterocycles. The van der Waals surface area contributed by atoms with Crippen molar-refractivity contribution in [3.05, 3.63) is 23.8 Å². The minimum absolute atomic E-state index is 0.0903. The third-order valence-electron chi connectivity index (χ3n) is 2.89. The van der Waals surface area contributed by atoms with Gasteiger partial charge in [-0.1, -0.05) is 19.9 Å². The molecule has 0 aliphatic rings. The summed E-state index contributed by atoms with van der Waals surface area (Å²) in [4.78, 5) is 12.1. The highest BCUT2D eigenvalue weighted by atomic mass is 16.5. The van der Waals surface area contributed by atoms with E-state index in [-0.39, 0.29) is 18.4 Å². The highest BCUT2D eigenvalue weighted by Crippen LogP contribution is 2.30. The van der Waals surface area contributed by atoms with Crippen molar-refractivity contribution in [2.24, 2.45) is 5.92 Å². The smallest absolute Gasteiger partial charge is 0.255 e. The average Bonchev–Trinajstić information content (AvgIpc) is 2.42. The van der Waals surface area contributed by atoms with Crippen LogP contribution >= 0.6 is 0 Å². The second-order valence-corrected chi connectivity index (χ2v) is 4.56. The van der Waals surface area contributed by atoms with Crippen LogP contribution in [0.3, 0.4) is 0 Å². The van der Waals surface area contributed by atoms with Crippen molar-refractivity contribution in [1.29, 1.82) is 0 Å². The molecule has 0 radical (unpaired) electrons. The first-order chi connectivity index (χ1) is 9.01. The van der Waals surface area contributed by atoms with Gasteiger partial charge in [0.1, 0.15) is 0 Å². The predicted octanol–water partition coefficient (Wildman–Crippen LogP) is 1.45. The fourth-order valence-electron chi connectivity index (χ4n) is 1.59. The first-order valence-electron chi connectivity index (χ1n) is 6.18. The van der Waals surface area contributed by atoms with Gasteiger partial charge >= 0.3 is 0 Å². The van der Waals surface area contributed by atoms with E-state index in [1.54, 1.807) is 18.2 Å². The molecule has 0 spiro atoms. The van der Waals surface area contributed by atoms with E-state index in [0.29, 0.717) is 17.1 Å². The molecular formula is C14H21NO4. The molecule has 0 saturated heterocycles. The van der Waals surface area contributed by atoms with Gasteiger partial charge < -0.3 is 19.9 Å². The van der Waals surface area contributed by atoms with Gasteiger partial charge in [0, 0.05) is 6.54 Å². The van der Waals surface area contributed by atoms with Crippen LogP contribution in [0.4, 0.5) is 0 Å². The number of para-hydroxylation sites is 1. The molecule has 0 aliphatic carbocycles. The first-order valence-corrected chi connectivity index (χ1v) is 6.18. The number of methoxy groups -OCH3 is 2. The quantitative estimate of drug-likeness (QED) is 0.818. The molecule has 1 rings (SSSR count). The Morgan fingerprint density at radius 2 is 2.00 bits per heavy atom. The normalized spacial score (nSPS) is 12.1. The number of amides is 1. The Morgan fingerprint density at radius 3 is 2.53 bits per heavy atom. The Labute approximate surface area is 113 Å². The average molecular weight is 267 g/mol. The van der Waals surface area contributed by atoms with Crippen LogP contribution in [0.5, 0.6) is 11.5 Å². The van der Waals surface area contributed by atoms with E-state index >= 15 is 0 Å². The third kappa shape index (κ3) is 3.86. The van der Waals surface area contributed by atoms with Gasteiger partial charge in [-0.15, -0.1) is 0 Å². The largest absolute Gasteiger partial charge is 0.493 e. The van der Waals surface area contributed by atoms with Crippen molar-refractivity contribution < 1.29 is 19.4 Å². The lowest BCUT2D eigenvalue weighted by atomic mass is 10.1. The zero-order valence-electron chi connectivity index (χ0n) is 11.8. The number of hydrogen-bond acceptors (Lipinski definition) is 4. The van der Waals surface area contributed by atoms with Crippen molar-refractivity contribution in [2.75, 3.05) is 20.8 Å². The molecule has 5 heteroatoms. The molecule has 19 heavy (non-hydrogen) atoms. The molecule has 1 amide bonds. The maximum absolute atomic E-state index is 12.1. The summed E-state index contributed by atoms with van der Waals surface area (Å²) in [5, 5.41) is 12.4. The van der Waals surface area contributed by atoms with E-state index in [9.17, 15) is 9.90 Å². The Morgan fingerprint density at radius 1 is 1.32 bits per heavy atom. The molecule has 0 fully saturated rings. The number of aliphatic hydroxyl groups excluding tert-OH is 1. The molecule has 1 unspecified atom stereocenters. The van der Waals surface area contributed by atoms with Crippen molar-refractivity contribution >= 4 is 5.91 Å². The van der Waals surface area contributed by atoms with E-state index in [2.05, 4.69) is 5.32 Å². The van der Waals surface area contributed by atoms with Crippen LogP contribution in [0, 0.1) is 5.92 Å². The monoisotopic (exact) mass is 267 g/mol. The van der Waals surface area contributed by atoms with Gasteiger partial charge in [-0.05, 0) is 18.1 Å². The molecule has 0 bridgehead atoms. The van der Waals surface area contributed by atoms with Crippen LogP contribution in [-0.4, -0.2) is 37.9 Å². The molecule has 5 nitrogen and oxygen atoms in total. The SMILES string of the molecule is COc1cccc(C(=O)NCC(O)C(C)C)c1OC. The lowest BCUT2D eigenvalue weighted by Gasteiger charge is -2.16. The molecule has 106 valence electrons. The van der Waals surface area contributed by atoms with Gasteiger partial charge in [0.2, 0.25) is 0 Å². The zero-order valence-corrected chi connectivity index (χ0v) is 11.8. The predicted molar refractivity (Wildman–Crippen MR) is 72.7 cm³/mol. The van der Waals surface area contributed by atoms with Crippen LogP contribution in [-0.2, 0) is 0 Å². The molecule has 0 aliphatic heterocycles. The summed E-state index contributed by atoms with van der Waals surface area (Å²) < 4.78 is 10.3. The van der Waals surface area contributed by atoms with E-state index in [0.717, 1.165) is 0 Å². The Bertz CT molecular complexity index is 431. The molecule has 0 saturated carbocycles. The first kappa shape index (κ1) is 15.3. The standard InChI is InChI=1S/C14H21NO4/c1-9(2)11(16)8-15-14(17)10-6-5-7-12(18-3)13(10)19-4/h5-7,9,11,16H,8H2,1-4H3,(H,15,17). The summed E-state index contributed by atoms with van der Waals surface area (Å²) in [6.07, 6.45) is -0.569. The lowest BCUT2D eigenvalue weighted by Crippen LogP contribution is -2.34. The number of benzene rings is 1. The van der Waals surface area contributed by atoms with Gasteiger partial charge in [0.25, 0.3) is 5.91 Å². The molecule has 0 heterocycles. The van der Waals surface area contributed by atoms with E-state index in [1.807, 2.05) is 13.8 Å². The van der Waals surface area contributed by atoms with E-state index in [1.165, 1.54) is 14.2 Å². The molecule has 1 aromatic rings. The van der Waals surface area contributed by atoms with Crippen molar-refractivity contribution in [2.45, 2.75) is 20.0 Å². The van der Waals surface area contributed by atoms with Crippen molar-refractivity contribution in [3.63, 3.8) is 0 Å². The molecule has 1 aromatic carbocycles. The summed E-state index contributed by atoms with van der Waals surface area (Å²) in [7, 11) is 3.00. The molecule has 2 N–H and O–H groups in total. The number of carbonyl (C=O) groups excluding carboxylic acids is 1. The van der Waals surface area contributed by atoms with E-state index in [4.69, 9.17) is 9.47 Å². The highest BCUT2D eigenvalue weighted by Gasteiger charge is 2.17. The van der Waals surface area contributed by atoms with Crippen LogP contribution in [0.15, 0.2) is 18.2 Å². The Balaban J connectivity index is 2.82. The second-order valence-electron chi connectivity index (χ2n) is 4.56. The molecular weight excluding hydrogens is 246 g/mol. The van der Waals surface area contributed by atoms with Crippen LogP contribution < -0.4 is 14.8 Å². The fourth-order valence-corrected chi connectivity index (χ4v) is 1.59. The van der Waals surface area contributed by atoms with Crippen molar-refractivity contribution in [1.82, 2.24) is 5.32 Å². The number of ether oxygens (including phenoxy) is 2. The summed E-state index contributed by atoms with van der Waals surface area (Å²) in [5.41, 5.74) is 0.387. The van der Waals surface area contributed by atoms with Crippen LogP contribution in [0.1, 0.15) is 24.2 Å². The number of rotatable bonds is 6. The second kappa shape index (κ2) is 6.99. The number of nitrogens with one attached hydrogen (secondary N) is 1. The van der Waals surface area contributed by atoms with Crippen molar-refractivity contribution in [3.8, 4) is 11.5 Å². The van der Waals surface area contributed by atoms with Gasteiger partial charge in [-0.25, -0.2) is 0 Å². The topological polar surface area (TPSA) is 67.8 Å². The van der Waals surface area contributed by atoms with E-state index < -0.39 is 6.10 Å². The fraction of sp³-hybridized carbons (Fsp3) is 0.500. The zero-order chi connectivity index (χ0) is 14.4. The van der Waals surface area contributed by atoms with Gasteiger partial charge in [0.05, 0.1) is 25.9 Å². The minimum Gasteiger partial charge on any atom is -0.493 e. The lowest BCUT2D eigenvalue weighted by molar-refractivity contribution is 0.0868. The number of aliphatic hydroxyl groups is 1. The summed E-state index contributed by atoms with van der Waals surface area (Å²) in [6, 6.07) is 5.09. The number of carbonyl (C=O) groups is 1. The molecule has 1 atom stereocenters. The summed E-state index contributed by atoms with van der Waals surface area (Å²) >= 11 is 0. The Hall–Kier alpha value is -1.75. The minimum atomic E-state index is -0.569.